The van der Waals surface area contributed by atoms with Crippen LogP contribution in [0.25, 0.3) is 10.8 Å². The molecule has 3 rings (SSSR count). The number of hydrogen-bond donors (Lipinski definition) is 1. The number of rotatable bonds is 4. The molecule has 122 valence electrons. The van der Waals surface area contributed by atoms with E-state index in [0.717, 1.165) is 28.7 Å². The standard InChI is InChI=1S/C18H14Cl3N3/c1-2-22-16-10-12(9-11-5-3-4-6-13(11)16)23-24-15-8-7-14(19)17(20)18(15)21/h3-10,22H,2H2,1H3. The molecule has 0 aliphatic heterocycles. The van der Waals surface area contributed by atoms with Crippen molar-refractivity contribution in [3.63, 3.8) is 0 Å². The molecule has 0 amide bonds. The molecule has 3 aromatic carbocycles. The van der Waals surface area contributed by atoms with Crippen LogP contribution in [-0.4, -0.2) is 6.54 Å². The second-order valence-electron chi connectivity index (χ2n) is 5.14. The van der Waals surface area contributed by atoms with Crippen LogP contribution < -0.4 is 5.32 Å². The minimum Gasteiger partial charge on any atom is -0.385 e. The van der Waals surface area contributed by atoms with E-state index in [4.69, 9.17) is 34.8 Å². The van der Waals surface area contributed by atoms with Crippen molar-refractivity contribution in [2.24, 2.45) is 10.2 Å². The first-order valence-electron chi connectivity index (χ1n) is 7.42. The van der Waals surface area contributed by atoms with Crippen molar-refractivity contribution in [3.05, 3.63) is 63.6 Å². The molecular formula is C18H14Cl3N3. The number of benzene rings is 3. The molecule has 0 heterocycles. The Hall–Kier alpha value is -1.81. The second-order valence-corrected chi connectivity index (χ2v) is 6.30. The molecule has 0 aliphatic rings. The summed E-state index contributed by atoms with van der Waals surface area (Å²) in [5, 5.41) is 15.1. The summed E-state index contributed by atoms with van der Waals surface area (Å²) in [6, 6.07) is 15.4. The van der Waals surface area contributed by atoms with E-state index in [-0.39, 0.29) is 5.02 Å². The number of nitrogens with one attached hydrogen (secondary N) is 1. The van der Waals surface area contributed by atoms with Gasteiger partial charge in [0, 0.05) is 17.6 Å². The fraction of sp³-hybridized carbons (Fsp3) is 0.111. The third-order valence-corrected chi connectivity index (χ3v) is 4.79. The van der Waals surface area contributed by atoms with E-state index in [2.05, 4.69) is 28.5 Å². The van der Waals surface area contributed by atoms with Gasteiger partial charge in [0.1, 0.15) is 5.69 Å². The largest absolute Gasteiger partial charge is 0.385 e. The minimum atomic E-state index is 0.279. The van der Waals surface area contributed by atoms with Gasteiger partial charge in [-0.3, -0.25) is 0 Å². The Labute approximate surface area is 155 Å². The molecule has 0 aromatic heterocycles. The summed E-state index contributed by atoms with van der Waals surface area (Å²) in [5.74, 6) is 0. The van der Waals surface area contributed by atoms with Gasteiger partial charge < -0.3 is 5.32 Å². The number of halogens is 3. The van der Waals surface area contributed by atoms with Crippen LogP contribution in [0, 0.1) is 0 Å². The number of nitrogens with zero attached hydrogens (tertiary/aromatic N) is 2. The van der Waals surface area contributed by atoms with Crippen LogP contribution in [0.15, 0.2) is 58.8 Å². The summed E-state index contributed by atoms with van der Waals surface area (Å²) in [4.78, 5) is 0. The summed E-state index contributed by atoms with van der Waals surface area (Å²) >= 11 is 18.1. The predicted molar refractivity (Wildman–Crippen MR) is 104 cm³/mol. The van der Waals surface area contributed by atoms with Crippen molar-refractivity contribution in [3.8, 4) is 0 Å². The van der Waals surface area contributed by atoms with E-state index >= 15 is 0 Å². The lowest BCUT2D eigenvalue weighted by molar-refractivity contribution is 1.21. The Kier molecular flexibility index (Phi) is 5.24. The highest BCUT2D eigenvalue weighted by atomic mass is 35.5. The zero-order valence-corrected chi connectivity index (χ0v) is 15.1. The van der Waals surface area contributed by atoms with Gasteiger partial charge in [-0.1, -0.05) is 59.1 Å². The first-order valence-corrected chi connectivity index (χ1v) is 8.55. The van der Waals surface area contributed by atoms with Crippen molar-refractivity contribution in [2.45, 2.75) is 6.92 Å². The number of anilines is 1. The van der Waals surface area contributed by atoms with Crippen molar-refractivity contribution in [2.75, 3.05) is 11.9 Å². The molecule has 0 fully saturated rings. The zero-order chi connectivity index (χ0) is 17.1. The Bertz CT molecular complexity index is 923. The van der Waals surface area contributed by atoms with Gasteiger partial charge in [-0.2, -0.15) is 5.11 Å². The van der Waals surface area contributed by atoms with Gasteiger partial charge in [-0.15, -0.1) is 5.11 Å². The lowest BCUT2D eigenvalue weighted by Gasteiger charge is -2.09. The smallest absolute Gasteiger partial charge is 0.106 e. The highest BCUT2D eigenvalue weighted by Gasteiger charge is 2.08. The molecule has 0 bridgehead atoms. The van der Waals surface area contributed by atoms with Crippen molar-refractivity contribution in [1.29, 1.82) is 0 Å². The molecule has 1 N–H and O–H groups in total. The highest BCUT2D eigenvalue weighted by molar-refractivity contribution is 6.49. The number of hydrogen-bond acceptors (Lipinski definition) is 3. The van der Waals surface area contributed by atoms with E-state index in [1.54, 1.807) is 12.1 Å². The third-order valence-electron chi connectivity index (χ3n) is 3.50. The molecule has 0 atom stereocenters. The summed E-state index contributed by atoms with van der Waals surface area (Å²) < 4.78 is 0. The van der Waals surface area contributed by atoms with Gasteiger partial charge in [0.25, 0.3) is 0 Å². The fourth-order valence-electron chi connectivity index (χ4n) is 2.39. The lowest BCUT2D eigenvalue weighted by Crippen LogP contribution is -1.96. The van der Waals surface area contributed by atoms with Gasteiger partial charge in [-0.25, -0.2) is 0 Å². The van der Waals surface area contributed by atoms with Crippen LogP contribution in [0.4, 0.5) is 17.1 Å². The molecule has 0 radical (unpaired) electrons. The van der Waals surface area contributed by atoms with Gasteiger partial charge in [0.05, 0.1) is 20.8 Å². The maximum atomic E-state index is 6.16. The van der Waals surface area contributed by atoms with E-state index < -0.39 is 0 Å². The van der Waals surface area contributed by atoms with Crippen LogP contribution in [0.1, 0.15) is 6.92 Å². The van der Waals surface area contributed by atoms with Crippen LogP contribution in [-0.2, 0) is 0 Å². The molecule has 6 heteroatoms. The number of azo groups is 1. The Morgan fingerprint density at radius 1 is 0.917 bits per heavy atom. The average molecular weight is 379 g/mol. The molecule has 0 saturated heterocycles. The Balaban J connectivity index is 2.02. The molecule has 0 saturated carbocycles. The quantitative estimate of drug-likeness (QED) is 0.367. The fourth-order valence-corrected chi connectivity index (χ4v) is 2.96. The van der Waals surface area contributed by atoms with Crippen molar-refractivity contribution < 1.29 is 0 Å². The second kappa shape index (κ2) is 7.39. The molecule has 3 aromatic rings. The first kappa shape index (κ1) is 17.0. The van der Waals surface area contributed by atoms with Gasteiger partial charge in [0.15, 0.2) is 0 Å². The SMILES string of the molecule is CCNc1cc(N=Nc2ccc(Cl)c(Cl)c2Cl)cc2ccccc12. The normalized spacial score (nSPS) is 11.3. The Morgan fingerprint density at radius 3 is 2.50 bits per heavy atom. The van der Waals surface area contributed by atoms with E-state index in [1.807, 2.05) is 30.3 Å². The lowest BCUT2D eigenvalue weighted by atomic mass is 10.1. The van der Waals surface area contributed by atoms with Crippen LogP contribution in [0.3, 0.4) is 0 Å². The van der Waals surface area contributed by atoms with Crippen LogP contribution in [0.5, 0.6) is 0 Å². The number of fused-ring (bicyclic) bond motifs is 1. The molecule has 0 aliphatic carbocycles. The highest BCUT2D eigenvalue weighted by Crippen LogP contribution is 2.38. The Morgan fingerprint density at radius 2 is 1.71 bits per heavy atom. The first-order chi connectivity index (χ1) is 11.6. The predicted octanol–water partition coefficient (Wildman–Crippen LogP) is 7.65. The van der Waals surface area contributed by atoms with E-state index in [0.29, 0.717) is 15.7 Å². The van der Waals surface area contributed by atoms with Gasteiger partial charge in [0.2, 0.25) is 0 Å². The summed E-state index contributed by atoms with van der Waals surface area (Å²) in [7, 11) is 0. The summed E-state index contributed by atoms with van der Waals surface area (Å²) in [5.41, 5.74) is 2.22. The third kappa shape index (κ3) is 3.48. The summed E-state index contributed by atoms with van der Waals surface area (Å²) in [6.45, 7) is 2.88. The zero-order valence-electron chi connectivity index (χ0n) is 12.9. The van der Waals surface area contributed by atoms with Gasteiger partial charge >= 0.3 is 0 Å². The molecule has 0 unspecified atom stereocenters. The van der Waals surface area contributed by atoms with Crippen molar-refractivity contribution in [1.82, 2.24) is 0 Å². The molecule has 3 nitrogen and oxygen atoms in total. The molecule has 0 spiro atoms. The maximum Gasteiger partial charge on any atom is 0.106 e. The minimum absolute atomic E-state index is 0.279. The van der Waals surface area contributed by atoms with Crippen LogP contribution in [0.2, 0.25) is 15.1 Å². The van der Waals surface area contributed by atoms with Crippen LogP contribution >= 0.6 is 34.8 Å². The van der Waals surface area contributed by atoms with Gasteiger partial charge in [-0.05, 0) is 36.6 Å². The molecular weight excluding hydrogens is 365 g/mol. The molecule has 24 heavy (non-hydrogen) atoms. The van der Waals surface area contributed by atoms with E-state index in [1.165, 1.54) is 0 Å². The van der Waals surface area contributed by atoms with Crippen molar-refractivity contribution >= 4 is 62.6 Å². The van der Waals surface area contributed by atoms with E-state index in [9.17, 15) is 0 Å². The summed E-state index contributed by atoms with van der Waals surface area (Å²) in [6.07, 6.45) is 0. The monoisotopic (exact) mass is 377 g/mol. The topological polar surface area (TPSA) is 36.8 Å². The maximum absolute atomic E-state index is 6.16. The average Bonchev–Trinajstić information content (AvgIpc) is 2.59.